The van der Waals surface area contributed by atoms with Crippen LogP contribution in [0.2, 0.25) is 5.02 Å². The fourth-order valence-corrected chi connectivity index (χ4v) is 4.43. The van der Waals surface area contributed by atoms with Crippen molar-refractivity contribution >= 4 is 46.4 Å². The summed E-state index contributed by atoms with van der Waals surface area (Å²) in [5.74, 6) is -1.76. The fraction of sp³-hybridized carbons (Fsp3) is 0.273. The number of benzene rings is 2. The van der Waals surface area contributed by atoms with Gasteiger partial charge in [0, 0.05) is 11.4 Å². The van der Waals surface area contributed by atoms with E-state index in [4.69, 9.17) is 11.6 Å². The summed E-state index contributed by atoms with van der Waals surface area (Å²) in [6, 6.07) is 15.6. The molecule has 29 heavy (non-hydrogen) atoms. The summed E-state index contributed by atoms with van der Waals surface area (Å²) in [4.78, 5) is 40.8. The number of anilines is 2. The molecule has 0 bridgehead atoms. The Morgan fingerprint density at radius 3 is 2.31 bits per heavy atom. The van der Waals surface area contributed by atoms with Crippen molar-refractivity contribution in [3.05, 3.63) is 59.6 Å². The molecule has 1 fully saturated rings. The quantitative estimate of drug-likeness (QED) is 0.715. The van der Waals surface area contributed by atoms with Crippen LogP contribution >= 0.6 is 11.6 Å². The summed E-state index contributed by atoms with van der Waals surface area (Å²) in [5.41, 5.74) is 0.513. The minimum absolute atomic E-state index is 0.0312. The van der Waals surface area contributed by atoms with E-state index in [1.54, 1.807) is 43.3 Å². The zero-order valence-electron chi connectivity index (χ0n) is 16.1. The Labute approximate surface area is 173 Å². The standard InChI is InChI=1S/C22H20ClN3O3/c1-3-22(14(2)24-26(21(22)29)17-7-5-4-6-8-17)18-13-19(27)25(20(18)28)16-11-9-15(23)10-12-16/h4-12,18H,3,13H2,1-2H3. The van der Waals surface area contributed by atoms with Crippen molar-refractivity contribution in [2.75, 3.05) is 9.91 Å². The number of hydrazone groups is 1. The summed E-state index contributed by atoms with van der Waals surface area (Å²) in [5, 5.41) is 6.34. The molecule has 0 saturated carbocycles. The average molecular weight is 410 g/mol. The molecule has 2 aromatic rings. The lowest BCUT2D eigenvalue weighted by Gasteiger charge is -2.31. The number of rotatable bonds is 4. The average Bonchev–Trinajstić information content (AvgIpc) is 3.16. The van der Waals surface area contributed by atoms with Crippen molar-refractivity contribution in [3.8, 4) is 0 Å². The van der Waals surface area contributed by atoms with Gasteiger partial charge in [-0.05, 0) is 49.7 Å². The highest BCUT2D eigenvalue weighted by molar-refractivity contribution is 6.31. The number of carbonyl (C=O) groups is 3. The molecule has 1 saturated heterocycles. The Balaban J connectivity index is 1.72. The Morgan fingerprint density at radius 2 is 1.69 bits per heavy atom. The molecule has 6 nitrogen and oxygen atoms in total. The zero-order valence-corrected chi connectivity index (χ0v) is 16.9. The van der Waals surface area contributed by atoms with Gasteiger partial charge in [-0.25, -0.2) is 0 Å². The Kier molecular flexibility index (Phi) is 4.74. The highest BCUT2D eigenvalue weighted by Gasteiger charge is 2.60. The fourth-order valence-electron chi connectivity index (χ4n) is 4.31. The molecule has 0 radical (unpaired) electrons. The van der Waals surface area contributed by atoms with Crippen LogP contribution in [0, 0.1) is 11.3 Å². The number of para-hydroxylation sites is 1. The molecule has 2 aliphatic heterocycles. The van der Waals surface area contributed by atoms with Crippen molar-refractivity contribution < 1.29 is 14.4 Å². The second-order valence-electron chi connectivity index (χ2n) is 7.26. The second kappa shape index (κ2) is 7.12. The van der Waals surface area contributed by atoms with Gasteiger partial charge in [0.1, 0.15) is 5.41 Å². The molecule has 2 heterocycles. The van der Waals surface area contributed by atoms with Crippen molar-refractivity contribution in [3.63, 3.8) is 0 Å². The van der Waals surface area contributed by atoms with Crippen LogP contribution in [0.3, 0.4) is 0 Å². The molecule has 0 spiro atoms. The zero-order chi connectivity index (χ0) is 20.8. The highest BCUT2D eigenvalue weighted by Crippen LogP contribution is 2.47. The van der Waals surface area contributed by atoms with Crippen LogP contribution in [0.1, 0.15) is 26.7 Å². The van der Waals surface area contributed by atoms with Gasteiger partial charge in [0.15, 0.2) is 0 Å². The third kappa shape index (κ3) is 2.86. The first-order chi connectivity index (χ1) is 13.9. The minimum Gasteiger partial charge on any atom is -0.274 e. The van der Waals surface area contributed by atoms with Crippen molar-refractivity contribution in [2.24, 2.45) is 16.4 Å². The number of amides is 3. The van der Waals surface area contributed by atoms with E-state index in [2.05, 4.69) is 5.10 Å². The number of nitrogens with zero attached hydrogens (tertiary/aromatic N) is 3. The van der Waals surface area contributed by atoms with E-state index in [0.29, 0.717) is 28.5 Å². The van der Waals surface area contributed by atoms with Crippen LogP contribution in [0.15, 0.2) is 59.7 Å². The molecule has 4 rings (SSSR count). The maximum Gasteiger partial charge on any atom is 0.260 e. The summed E-state index contributed by atoms with van der Waals surface area (Å²) in [7, 11) is 0. The molecular formula is C22H20ClN3O3. The predicted molar refractivity (Wildman–Crippen MR) is 112 cm³/mol. The van der Waals surface area contributed by atoms with Crippen LogP contribution in [-0.4, -0.2) is 23.4 Å². The van der Waals surface area contributed by atoms with Gasteiger partial charge in [-0.15, -0.1) is 0 Å². The third-order valence-electron chi connectivity index (χ3n) is 5.85. The van der Waals surface area contributed by atoms with Crippen LogP contribution < -0.4 is 9.91 Å². The van der Waals surface area contributed by atoms with Crippen LogP contribution in [-0.2, 0) is 14.4 Å². The van der Waals surface area contributed by atoms with Gasteiger partial charge in [-0.2, -0.15) is 10.1 Å². The first-order valence-electron chi connectivity index (χ1n) is 9.47. The topological polar surface area (TPSA) is 70.1 Å². The second-order valence-corrected chi connectivity index (χ2v) is 7.70. The normalized spacial score (nSPS) is 24.4. The largest absolute Gasteiger partial charge is 0.274 e. The Bertz CT molecular complexity index is 1020. The molecule has 0 N–H and O–H groups in total. The van der Waals surface area contributed by atoms with Crippen LogP contribution in [0.25, 0.3) is 0 Å². The molecule has 2 aromatic carbocycles. The molecule has 2 atom stereocenters. The van der Waals surface area contributed by atoms with Crippen molar-refractivity contribution in [1.82, 2.24) is 0 Å². The maximum atomic E-state index is 13.5. The number of halogens is 1. The lowest BCUT2D eigenvalue weighted by atomic mass is 9.69. The lowest BCUT2D eigenvalue weighted by molar-refractivity contribution is -0.132. The summed E-state index contributed by atoms with van der Waals surface area (Å²) in [6.45, 7) is 3.61. The van der Waals surface area contributed by atoms with E-state index in [1.807, 2.05) is 25.1 Å². The van der Waals surface area contributed by atoms with E-state index in [1.165, 1.54) is 5.01 Å². The lowest BCUT2D eigenvalue weighted by Crippen LogP contribution is -2.47. The van der Waals surface area contributed by atoms with Crippen molar-refractivity contribution in [1.29, 1.82) is 0 Å². The molecule has 2 unspecified atom stereocenters. The van der Waals surface area contributed by atoms with Gasteiger partial charge in [-0.3, -0.25) is 19.3 Å². The number of hydrogen-bond acceptors (Lipinski definition) is 4. The van der Waals surface area contributed by atoms with Crippen LogP contribution in [0.4, 0.5) is 11.4 Å². The summed E-state index contributed by atoms with van der Waals surface area (Å²) < 4.78 is 0. The van der Waals surface area contributed by atoms with Gasteiger partial charge >= 0.3 is 0 Å². The van der Waals surface area contributed by atoms with E-state index in [0.717, 1.165) is 4.90 Å². The third-order valence-corrected chi connectivity index (χ3v) is 6.11. The van der Waals surface area contributed by atoms with Gasteiger partial charge in [0.05, 0.1) is 23.0 Å². The molecule has 2 aliphatic rings. The number of hydrogen-bond donors (Lipinski definition) is 0. The minimum atomic E-state index is -1.14. The van der Waals surface area contributed by atoms with Gasteiger partial charge in [0.25, 0.3) is 5.91 Å². The Morgan fingerprint density at radius 1 is 1.03 bits per heavy atom. The smallest absolute Gasteiger partial charge is 0.260 e. The Hall–Kier alpha value is -2.99. The molecule has 7 heteroatoms. The summed E-state index contributed by atoms with van der Waals surface area (Å²) >= 11 is 5.93. The monoisotopic (exact) mass is 409 g/mol. The first-order valence-corrected chi connectivity index (χ1v) is 9.85. The van der Waals surface area contributed by atoms with E-state index < -0.39 is 11.3 Å². The number of carbonyl (C=O) groups excluding carboxylic acids is 3. The maximum absolute atomic E-state index is 13.5. The molecule has 0 aliphatic carbocycles. The molecule has 3 amide bonds. The van der Waals surface area contributed by atoms with Gasteiger partial charge in [0.2, 0.25) is 11.8 Å². The summed E-state index contributed by atoms with van der Waals surface area (Å²) in [6.07, 6.45) is 0.346. The van der Waals surface area contributed by atoms with E-state index in [9.17, 15) is 14.4 Å². The molecule has 0 aromatic heterocycles. The highest BCUT2D eigenvalue weighted by atomic mass is 35.5. The van der Waals surface area contributed by atoms with E-state index in [-0.39, 0.29) is 24.1 Å². The van der Waals surface area contributed by atoms with Gasteiger partial charge < -0.3 is 0 Å². The predicted octanol–water partition coefficient (Wildman–Crippen LogP) is 4.04. The SMILES string of the molecule is CCC1(C2CC(=O)N(c3ccc(Cl)cc3)C2=O)C(=O)N(c2ccccc2)N=C1C. The number of imide groups is 1. The molecular weight excluding hydrogens is 390 g/mol. The van der Waals surface area contributed by atoms with Gasteiger partial charge in [-0.1, -0.05) is 36.7 Å². The first kappa shape index (κ1) is 19.3. The van der Waals surface area contributed by atoms with Crippen LogP contribution in [0.5, 0.6) is 0 Å². The molecule has 148 valence electrons. The van der Waals surface area contributed by atoms with E-state index >= 15 is 0 Å². The van der Waals surface area contributed by atoms with Crippen molar-refractivity contribution in [2.45, 2.75) is 26.7 Å².